The van der Waals surface area contributed by atoms with E-state index < -0.39 is 23.8 Å². The molecule has 1 amide bonds. The molecule has 3 aromatic rings. The van der Waals surface area contributed by atoms with Gasteiger partial charge in [-0.05, 0) is 84.0 Å². The Hall–Kier alpha value is -3.09. The van der Waals surface area contributed by atoms with E-state index in [9.17, 15) is 18.7 Å². The van der Waals surface area contributed by atoms with Crippen LogP contribution < -0.4 is 10.6 Å². The third-order valence-corrected chi connectivity index (χ3v) is 7.03. The maximum atomic E-state index is 13.9. The summed E-state index contributed by atoms with van der Waals surface area (Å²) in [7, 11) is 0. The van der Waals surface area contributed by atoms with Gasteiger partial charge in [0, 0.05) is 24.2 Å². The first-order valence-corrected chi connectivity index (χ1v) is 13.4. The van der Waals surface area contributed by atoms with Gasteiger partial charge in [0.15, 0.2) is 0 Å². The summed E-state index contributed by atoms with van der Waals surface area (Å²) in [5.74, 6) is -1.72. The predicted octanol–water partition coefficient (Wildman–Crippen LogP) is 5.92. The first-order chi connectivity index (χ1) is 18.1. The van der Waals surface area contributed by atoms with Crippen molar-refractivity contribution < 1.29 is 18.7 Å². The second-order valence-electron chi connectivity index (χ2n) is 11.6. The monoisotopic (exact) mass is 520 g/mol. The molecule has 0 aliphatic heterocycles. The third-order valence-electron chi connectivity index (χ3n) is 7.03. The van der Waals surface area contributed by atoms with Crippen LogP contribution >= 0.6 is 0 Å². The summed E-state index contributed by atoms with van der Waals surface area (Å²) in [5.41, 5.74) is 4.90. The number of aryl methyl sites for hydroxylation is 1. The van der Waals surface area contributed by atoms with Crippen molar-refractivity contribution in [2.75, 3.05) is 6.54 Å². The van der Waals surface area contributed by atoms with Gasteiger partial charge in [0.05, 0.1) is 12.1 Å². The first-order valence-electron chi connectivity index (χ1n) is 13.4. The number of benzene rings is 3. The van der Waals surface area contributed by atoms with Crippen molar-refractivity contribution in [2.45, 2.75) is 71.1 Å². The number of fused-ring (bicyclic) bond motifs is 1. The number of aliphatic hydroxyl groups excluding tert-OH is 1. The molecule has 1 aliphatic rings. The van der Waals surface area contributed by atoms with Crippen molar-refractivity contribution in [3.8, 4) is 0 Å². The van der Waals surface area contributed by atoms with Crippen molar-refractivity contribution in [3.05, 3.63) is 106 Å². The van der Waals surface area contributed by atoms with E-state index in [1.54, 1.807) is 24.3 Å². The summed E-state index contributed by atoms with van der Waals surface area (Å²) in [5, 5.41) is 17.6. The van der Waals surface area contributed by atoms with Crippen LogP contribution in [0.1, 0.15) is 72.3 Å². The Morgan fingerprint density at radius 3 is 2.39 bits per heavy atom. The molecule has 3 atom stereocenters. The van der Waals surface area contributed by atoms with Gasteiger partial charge in [0.2, 0.25) is 0 Å². The third kappa shape index (κ3) is 7.71. The molecule has 38 heavy (non-hydrogen) atoms. The van der Waals surface area contributed by atoms with Crippen LogP contribution in [-0.4, -0.2) is 29.7 Å². The van der Waals surface area contributed by atoms with Gasteiger partial charge in [0.25, 0.3) is 5.91 Å². The average molecular weight is 521 g/mol. The van der Waals surface area contributed by atoms with Gasteiger partial charge in [-0.15, -0.1) is 0 Å². The molecule has 4 rings (SSSR count). The summed E-state index contributed by atoms with van der Waals surface area (Å²) in [6, 6.07) is 18.1. The molecule has 0 heterocycles. The molecule has 6 heteroatoms. The number of rotatable bonds is 9. The molecule has 202 valence electrons. The maximum absolute atomic E-state index is 13.9. The number of hydrogen-bond acceptors (Lipinski definition) is 3. The maximum Gasteiger partial charge on any atom is 0.251 e. The molecular formula is C32H38F2N2O2. The summed E-state index contributed by atoms with van der Waals surface area (Å²) in [6.45, 7) is 6.91. The summed E-state index contributed by atoms with van der Waals surface area (Å²) in [6.07, 6.45) is 3.13. The van der Waals surface area contributed by atoms with Crippen molar-refractivity contribution >= 4 is 5.91 Å². The highest BCUT2D eigenvalue weighted by atomic mass is 19.1. The minimum Gasteiger partial charge on any atom is -0.390 e. The molecule has 0 bridgehead atoms. The lowest BCUT2D eigenvalue weighted by Gasteiger charge is -2.31. The lowest BCUT2D eigenvalue weighted by atomic mass is 9.82. The largest absolute Gasteiger partial charge is 0.390 e. The highest BCUT2D eigenvalue weighted by molar-refractivity contribution is 5.94. The van der Waals surface area contributed by atoms with Gasteiger partial charge < -0.3 is 15.7 Å². The zero-order valence-electron chi connectivity index (χ0n) is 22.4. The Morgan fingerprint density at radius 1 is 1.00 bits per heavy atom. The zero-order valence-corrected chi connectivity index (χ0v) is 22.4. The minimum atomic E-state index is -0.975. The molecule has 0 saturated carbocycles. The van der Waals surface area contributed by atoms with Gasteiger partial charge >= 0.3 is 0 Å². The van der Waals surface area contributed by atoms with Crippen LogP contribution in [0.4, 0.5) is 8.78 Å². The second-order valence-corrected chi connectivity index (χ2v) is 11.6. The molecule has 0 radical (unpaired) electrons. The van der Waals surface area contributed by atoms with Crippen LogP contribution in [0.5, 0.6) is 0 Å². The lowest BCUT2D eigenvalue weighted by Crippen LogP contribution is -2.49. The summed E-state index contributed by atoms with van der Waals surface area (Å²) < 4.78 is 27.7. The van der Waals surface area contributed by atoms with Crippen LogP contribution in [0, 0.1) is 17.0 Å². The van der Waals surface area contributed by atoms with Crippen LogP contribution in [0.3, 0.4) is 0 Å². The number of hydrogen-bond donors (Lipinski definition) is 3. The summed E-state index contributed by atoms with van der Waals surface area (Å²) in [4.78, 5) is 12.9. The van der Waals surface area contributed by atoms with Gasteiger partial charge in [-0.2, -0.15) is 0 Å². The highest BCUT2D eigenvalue weighted by Crippen LogP contribution is 2.32. The number of carbonyl (C=O) groups excluding carboxylic acids is 1. The summed E-state index contributed by atoms with van der Waals surface area (Å²) >= 11 is 0. The van der Waals surface area contributed by atoms with Crippen molar-refractivity contribution in [2.24, 2.45) is 5.41 Å². The van der Waals surface area contributed by atoms with Gasteiger partial charge in [-0.1, -0.05) is 57.2 Å². The molecule has 0 saturated heterocycles. The molecule has 4 nitrogen and oxygen atoms in total. The molecule has 0 fully saturated rings. The van der Waals surface area contributed by atoms with E-state index in [4.69, 9.17) is 0 Å². The van der Waals surface area contributed by atoms with Gasteiger partial charge in [0.1, 0.15) is 11.6 Å². The van der Waals surface area contributed by atoms with Crippen molar-refractivity contribution in [1.29, 1.82) is 0 Å². The Labute approximate surface area is 224 Å². The Bertz CT molecular complexity index is 1220. The van der Waals surface area contributed by atoms with E-state index in [1.165, 1.54) is 28.8 Å². The Morgan fingerprint density at radius 2 is 1.71 bits per heavy atom. The first kappa shape index (κ1) is 27.9. The van der Waals surface area contributed by atoms with E-state index in [0.29, 0.717) is 11.1 Å². The second kappa shape index (κ2) is 12.2. The number of aliphatic hydroxyl groups is 1. The smallest absolute Gasteiger partial charge is 0.251 e. The number of halogens is 2. The van der Waals surface area contributed by atoms with Crippen LogP contribution in [0.15, 0.2) is 66.7 Å². The number of carbonyl (C=O) groups is 1. The average Bonchev–Trinajstić information content (AvgIpc) is 2.85. The number of amides is 1. The topological polar surface area (TPSA) is 61.4 Å². The van der Waals surface area contributed by atoms with Crippen LogP contribution in [-0.2, 0) is 19.3 Å². The fourth-order valence-electron chi connectivity index (χ4n) is 5.30. The minimum absolute atomic E-state index is 0.0883. The van der Waals surface area contributed by atoms with E-state index >= 15 is 0 Å². The van der Waals surface area contributed by atoms with E-state index in [2.05, 4.69) is 49.6 Å². The van der Waals surface area contributed by atoms with E-state index in [-0.39, 0.29) is 30.3 Å². The normalized spacial score (nSPS) is 16.9. The molecule has 1 aliphatic carbocycles. The number of nitrogens with one attached hydrogen (secondary N) is 2. The Balaban J connectivity index is 1.50. The quantitative estimate of drug-likeness (QED) is 0.328. The fourth-order valence-corrected chi connectivity index (χ4v) is 5.30. The van der Waals surface area contributed by atoms with E-state index in [1.807, 2.05) is 6.07 Å². The Kier molecular flexibility index (Phi) is 8.95. The van der Waals surface area contributed by atoms with Gasteiger partial charge in [-0.25, -0.2) is 8.78 Å². The lowest BCUT2D eigenvalue weighted by molar-refractivity contribution is 0.0823. The van der Waals surface area contributed by atoms with E-state index in [0.717, 1.165) is 31.7 Å². The SMILES string of the molecule is CC(C)(C)Cc1ccc2c(c1)[C@@H](NC[C@@H](O)C(Cc1cc(F)cc(F)c1)NC(=O)c1ccccc1)CCC2. The molecule has 3 N–H and O–H groups in total. The highest BCUT2D eigenvalue weighted by Gasteiger charge is 2.26. The molecule has 3 aromatic carbocycles. The predicted molar refractivity (Wildman–Crippen MR) is 147 cm³/mol. The van der Waals surface area contributed by atoms with Crippen LogP contribution in [0.2, 0.25) is 0 Å². The van der Waals surface area contributed by atoms with Gasteiger partial charge in [-0.3, -0.25) is 4.79 Å². The molecule has 0 spiro atoms. The van der Waals surface area contributed by atoms with Crippen molar-refractivity contribution in [3.63, 3.8) is 0 Å². The molecule has 1 unspecified atom stereocenters. The molecular weight excluding hydrogens is 482 g/mol. The zero-order chi connectivity index (χ0) is 27.3. The fraction of sp³-hybridized carbons (Fsp3) is 0.406. The molecule has 0 aromatic heterocycles. The van der Waals surface area contributed by atoms with Crippen molar-refractivity contribution in [1.82, 2.24) is 10.6 Å². The van der Waals surface area contributed by atoms with Crippen LogP contribution in [0.25, 0.3) is 0 Å². The standard InChI is InChI=1S/C32H38F2N2O2/c1-32(2,3)19-21-12-13-23-10-7-11-28(27(23)16-21)35-20-30(37)29(17-22-14-25(33)18-26(34)15-22)36-31(38)24-8-5-4-6-9-24/h4-6,8-9,12-16,18,28-30,35,37H,7,10-11,17,19-20H2,1-3H3,(H,36,38)/t28-,29?,30+/m0/s1.